The van der Waals surface area contributed by atoms with Gasteiger partial charge in [-0.15, -0.1) is 0 Å². The normalized spacial score (nSPS) is 20.8. The maximum absolute atomic E-state index is 12.8. The molecule has 7 heteroatoms. The molecule has 0 unspecified atom stereocenters. The SMILES string of the molecule is CCNC(=O)[C@@H]1C[C@@H](N)CN1C(=O)c1cc(Cl)ccc1OC. The number of likely N-dealkylation sites (tertiary alicyclic amines) is 1. The van der Waals surface area contributed by atoms with E-state index in [1.807, 2.05) is 6.92 Å². The number of nitrogens with two attached hydrogens (primary N) is 1. The Morgan fingerprint density at radius 3 is 2.86 bits per heavy atom. The van der Waals surface area contributed by atoms with Crippen molar-refractivity contribution >= 4 is 23.4 Å². The number of likely N-dealkylation sites (N-methyl/N-ethyl adjacent to an activating group) is 1. The molecule has 1 aromatic carbocycles. The van der Waals surface area contributed by atoms with Gasteiger partial charge in [0.05, 0.1) is 12.7 Å². The second kappa shape index (κ2) is 6.98. The van der Waals surface area contributed by atoms with Crippen LogP contribution in [0.15, 0.2) is 18.2 Å². The van der Waals surface area contributed by atoms with Crippen LogP contribution in [0.25, 0.3) is 0 Å². The average Bonchev–Trinajstić information content (AvgIpc) is 2.88. The summed E-state index contributed by atoms with van der Waals surface area (Å²) in [6.07, 6.45) is 0.445. The number of benzene rings is 1. The third-order valence-corrected chi connectivity index (χ3v) is 3.87. The first-order chi connectivity index (χ1) is 10.5. The number of nitrogens with zero attached hydrogens (tertiary/aromatic N) is 1. The second-order valence-electron chi connectivity index (χ2n) is 5.21. The number of halogens is 1. The summed E-state index contributed by atoms with van der Waals surface area (Å²) in [6.45, 7) is 2.67. The molecule has 1 saturated heterocycles. The Labute approximate surface area is 134 Å². The lowest BCUT2D eigenvalue weighted by Gasteiger charge is -2.24. The molecule has 1 aromatic rings. The smallest absolute Gasteiger partial charge is 0.258 e. The molecule has 1 aliphatic rings. The van der Waals surface area contributed by atoms with Gasteiger partial charge in [0.25, 0.3) is 5.91 Å². The van der Waals surface area contributed by atoms with Crippen molar-refractivity contribution in [2.24, 2.45) is 5.73 Å². The fourth-order valence-electron chi connectivity index (χ4n) is 2.64. The van der Waals surface area contributed by atoms with E-state index in [1.165, 1.54) is 12.0 Å². The molecule has 0 spiro atoms. The number of hydrogen-bond donors (Lipinski definition) is 2. The van der Waals surface area contributed by atoms with Crippen LogP contribution < -0.4 is 15.8 Å². The molecule has 2 amide bonds. The van der Waals surface area contributed by atoms with E-state index in [4.69, 9.17) is 22.1 Å². The quantitative estimate of drug-likeness (QED) is 0.866. The number of methoxy groups -OCH3 is 1. The predicted molar refractivity (Wildman–Crippen MR) is 84.1 cm³/mol. The van der Waals surface area contributed by atoms with Gasteiger partial charge in [-0.25, -0.2) is 0 Å². The van der Waals surface area contributed by atoms with Crippen LogP contribution >= 0.6 is 11.6 Å². The Balaban J connectivity index is 2.30. The Bertz CT molecular complexity index is 579. The van der Waals surface area contributed by atoms with Gasteiger partial charge in [-0.2, -0.15) is 0 Å². The summed E-state index contributed by atoms with van der Waals surface area (Å²) in [5, 5.41) is 3.17. The minimum Gasteiger partial charge on any atom is -0.496 e. The third-order valence-electron chi connectivity index (χ3n) is 3.64. The summed E-state index contributed by atoms with van der Waals surface area (Å²) in [4.78, 5) is 26.4. The number of ether oxygens (including phenoxy) is 1. The highest BCUT2D eigenvalue weighted by atomic mass is 35.5. The molecule has 0 saturated carbocycles. The largest absolute Gasteiger partial charge is 0.496 e. The molecule has 0 bridgehead atoms. The lowest BCUT2D eigenvalue weighted by molar-refractivity contribution is -0.124. The van der Waals surface area contributed by atoms with Gasteiger partial charge in [0.1, 0.15) is 11.8 Å². The minimum absolute atomic E-state index is 0.190. The molecular formula is C15H20ClN3O3. The first-order valence-corrected chi connectivity index (χ1v) is 7.53. The van der Waals surface area contributed by atoms with Crippen LogP contribution in [0, 0.1) is 0 Å². The highest BCUT2D eigenvalue weighted by molar-refractivity contribution is 6.31. The molecule has 2 atom stereocenters. The van der Waals surface area contributed by atoms with Crippen LogP contribution in [0.3, 0.4) is 0 Å². The number of carbonyl (C=O) groups excluding carboxylic acids is 2. The van der Waals surface area contributed by atoms with Crippen LogP contribution in [0.2, 0.25) is 5.02 Å². The molecular weight excluding hydrogens is 306 g/mol. The summed E-state index contributed by atoms with van der Waals surface area (Å²) < 4.78 is 5.21. The average molecular weight is 326 g/mol. The molecule has 0 aliphatic carbocycles. The van der Waals surface area contributed by atoms with Gasteiger partial charge in [0, 0.05) is 24.2 Å². The maximum atomic E-state index is 12.8. The van der Waals surface area contributed by atoms with Crippen molar-refractivity contribution in [1.29, 1.82) is 0 Å². The fourth-order valence-corrected chi connectivity index (χ4v) is 2.81. The summed E-state index contributed by atoms with van der Waals surface area (Å²) in [5.41, 5.74) is 6.27. The Kier molecular flexibility index (Phi) is 5.26. The van der Waals surface area contributed by atoms with Gasteiger partial charge in [0.2, 0.25) is 5.91 Å². The lowest BCUT2D eigenvalue weighted by atomic mass is 10.1. The Morgan fingerprint density at radius 1 is 1.50 bits per heavy atom. The van der Waals surface area contributed by atoms with Crippen molar-refractivity contribution in [3.63, 3.8) is 0 Å². The van der Waals surface area contributed by atoms with Gasteiger partial charge < -0.3 is 20.7 Å². The lowest BCUT2D eigenvalue weighted by Crippen LogP contribution is -2.46. The molecule has 0 radical (unpaired) electrons. The summed E-state index contributed by atoms with van der Waals surface area (Å²) >= 11 is 5.97. The third kappa shape index (κ3) is 3.34. The Hall–Kier alpha value is -1.79. The van der Waals surface area contributed by atoms with E-state index < -0.39 is 6.04 Å². The molecule has 6 nitrogen and oxygen atoms in total. The molecule has 1 aliphatic heterocycles. The van der Waals surface area contributed by atoms with Gasteiger partial charge in [0.15, 0.2) is 0 Å². The van der Waals surface area contributed by atoms with Crippen molar-refractivity contribution in [3.05, 3.63) is 28.8 Å². The van der Waals surface area contributed by atoms with Crippen molar-refractivity contribution < 1.29 is 14.3 Å². The van der Waals surface area contributed by atoms with Crippen LogP contribution in [0.4, 0.5) is 0 Å². The molecule has 120 valence electrons. The monoisotopic (exact) mass is 325 g/mol. The number of carbonyl (C=O) groups is 2. The van der Waals surface area contributed by atoms with Gasteiger partial charge >= 0.3 is 0 Å². The number of amides is 2. The maximum Gasteiger partial charge on any atom is 0.258 e. The highest BCUT2D eigenvalue weighted by Crippen LogP contribution is 2.27. The number of hydrogen-bond acceptors (Lipinski definition) is 4. The summed E-state index contributed by atoms with van der Waals surface area (Å²) in [5.74, 6) is -0.0714. The standard InChI is InChI=1S/C15H20ClN3O3/c1-3-18-14(20)12-7-10(17)8-19(12)15(21)11-6-9(16)4-5-13(11)22-2/h4-6,10,12H,3,7-8,17H2,1-2H3,(H,18,20)/t10-,12+/m1/s1. The van der Waals surface area contributed by atoms with E-state index in [9.17, 15) is 9.59 Å². The summed E-state index contributed by atoms with van der Waals surface area (Å²) in [7, 11) is 1.48. The van der Waals surface area contributed by atoms with Gasteiger partial charge in [-0.1, -0.05) is 11.6 Å². The van der Waals surface area contributed by atoms with E-state index in [-0.39, 0.29) is 17.9 Å². The minimum atomic E-state index is -0.564. The van der Waals surface area contributed by atoms with Crippen molar-refractivity contribution in [2.75, 3.05) is 20.2 Å². The first-order valence-electron chi connectivity index (χ1n) is 7.15. The van der Waals surface area contributed by atoms with Gasteiger partial charge in [-0.3, -0.25) is 9.59 Å². The topological polar surface area (TPSA) is 84.7 Å². The fraction of sp³-hybridized carbons (Fsp3) is 0.467. The highest BCUT2D eigenvalue weighted by Gasteiger charge is 2.39. The van der Waals surface area contributed by atoms with Crippen LogP contribution in [-0.4, -0.2) is 49.0 Å². The van der Waals surface area contributed by atoms with E-state index in [2.05, 4.69) is 5.32 Å². The zero-order valence-corrected chi connectivity index (χ0v) is 13.4. The van der Waals surface area contributed by atoms with E-state index in [0.29, 0.717) is 35.8 Å². The van der Waals surface area contributed by atoms with Crippen molar-refractivity contribution in [1.82, 2.24) is 10.2 Å². The zero-order valence-electron chi connectivity index (χ0n) is 12.6. The zero-order chi connectivity index (χ0) is 16.3. The van der Waals surface area contributed by atoms with Crippen LogP contribution in [-0.2, 0) is 4.79 Å². The van der Waals surface area contributed by atoms with E-state index in [0.717, 1.165) is 0 Å². The van der Waals surface area contributed by atoms with Crippen molar-refractivity contribution in [2.45, 2.75) is 25.4 Å². The predicted octanol–water partition coefficient (Wildman–Crippen LogP) is 1.03. The molecule has 2 rings (SSSR count). The molecule has 1 fully saturated rings. The summed E-state index contributed by atoms with van der Waals surface area (Å²) in [6, 6.07) is 4.04. The number of nitrogens with one attached hydrogen (secondary N) is 1. The number of rotatable bonds is 4. The first kappa shape index (κ1) is 16.6. The van der Waals surface area contributed by atoms with Crippen LogP contribution in [0.1, 0.15) is 23.7 Å². The van der Waals surface area contributed by atoms with E-state index in [1.54, 1.807) is 18.2 Å². The Morgan fingerprint density at radius 2 is 2.23 bits per heavy atom. The van der Waals surface area contributed by atoms with Crippen molar-refractivity contribution in [3.8, 4) is 5.75 Å². The molecule has 1 heterocycles. The van der Waals surface area contributed by atoms with E-state index >= 15 is 0 Å². The molecule has 22 heavy (non-hydrogen) atoms. The molecule has 3 N–H and O–H groups in total. The second-order valence-corrected chi connectivity index (χ2v) is 5.64. The molecule has 0 aromatic heterocycles. The van der Waals surface area contributed by atoms with Gasteiger partial charge in [-0.05, 0) is 31.5 Å². The van der Waals surface area contributed by atoms with Crippen LogP contribution in [0.5, 0.6) is 5.75 Å².